The van der Waals surface area contributed by atoms with Gasteiger partial charge in [-0.25, -0.2) is 17.5 Å². The topological polar surface area (TPSA) is 75.7 Å². The number of nitrogens with one attached hydrogen (secondary N) is 1. The number of rotatable bonds is 5. The largest absolute Gasteiger partial charge is 0.495 e. The molecule has 0 aliphatic carbocycles. The molecule has 0 saturated heterocycles. The Labute approximate surface area is 139 Å². The number of ether oxygens (including phenoxy) is 1. The fraction of sp³-hybridized carbons (Fsp3) is 0.188. The van der Waals surface area contributed by atoms with Crippen LogP contribution in [-0.4, -0.2) is 35.5 Å². The van der Waals surface area contributed by atoms with Gasteiger partial charge in [-0.05, 0) is 49.5 Å². The molecule has 0 bridgehead atoms. The number of nitrogens with zero attached hydrogens (tertiary/aromatic N) is 1. The van der Waals surface area contributed by atoms with E-state index >= 15 is 0 Å². The summed E-state index contributed by atoms with van der Waals surface area (Å²) >= 11 is 0. The van der Waals surface area contributed by atoms with Crippen LogP contribution in [0.4, 0.5) is 10.1 Å². The van der Waals surface area contributed by atoms with Gasteiger partial charge < -0.3 is 9.64 Å². The van der Waals surface area contributed by atoms with E-state index in [-0.39, 0.29) is 16.2 Å². The Morgan fingerprint density at radius 3 is 2.33 bits per heavy atom. The first-order chi connectivity index (χ1) is 11.3. The Morgan fingerprint density at radius 2 is 1.79 bits per heavy atom. The lowest BCUT2D eigenvalue weighted by Crippen LogP contribution is -2.27. The fourth-order valence-electron chi connectivity index (χ4n) is 2.11. The van der Waals surface area contributed by atoms with Gasteiger partial charge in [0, 0.05) is 18.3 Å². The molecule has 0 fully saturated rings. The van der Waals surface area contributed by atoms with Crippen LogP contribution in [0.2, 0.25) is 0 Å². The van der Waals surface area contributed by atoms with Gasteiger partial charge in [0.25, 0.3) is 5.91 Å². The molecule has 0 heterocycles. The summed E-state index contributed by atoms with van der Waals surface area (Å²) in [5.41, 5.74) is 0.645. The van der Waals surface area contributed by atoms with Crippen molar-refractivity contribution in [3.63, 3.8) is 0 Å². The van der Waals surface area contributed by atoms with E-state index in [1.807, 2.05) is 0 Å². The van der Waals surface area contributed by atoms with E-state index in [2.05, 4.69) is 4.72 Å². The number of hydrogen-bond acceptors (Lipinski definition) is 4. The van der Waals surface area contributed by atoms with E-state index in [0.29, 0.717) is 5.69 Å². The van der Waals surface area contributed by atoms with E-state index in [1.54, 1.807) is 0 Å². The van der Waals surface area contributed by atoms with Crippen molar-refractivity contribution >= 4 is 21.6 Å². The van der Waals surface area contributed by atoms with Gasteiger partial charge in [0.2, 0.25) is 10.0 Å². The van der Waals surface area contributed by atoms with E-state index in [1.165, 1.54) is 68.6 Å². The summed E-state index contributed by atoms with van der Waals surface area (Å²) in [6.07, 6.45) is 0. The Morgan fingerprint density at radius 1 is 1.17 bits per heavy atom. The molecule has 0 aliphatic rings. The van der Waals surface area contributed by atoms with Gasteiger partial charge in [0.1, 0.15) is 16.5 Å². The minimum absolute atomic E-state index is 0.130. The van der Waals surface area contributed by atoms with E-state index in [0.717, 1.165) is 0 Å². The average molecular weight is 352 g/mol. The smallest absolute Gasteiger partial charge is 0.258 e. The van der Waals surface area contributed by atoms with Crippen molar-refractivity contribution in [2.75, 3.05) is 26.1 Å². The van der Waals surface area contributed by atoms with Crippen molar-refractivity contribution in [3.8, 4) is 5.75 Å². The lowest BCUT2D eigenvalue weighted by Gasteiger charge is -2.18. The lowest BCUT2D eigenvalue weighted by molar-refractivity contribution is 0.0992. The van der Waals surface area contributed by atoms with Gasteiger partial charge in [-0.15, -0.1) is 0 Å². The van der Waals surface area contributed by atoms with Crippen LogP contribution in [-0.2, 0) is 10.0 Å². The molecule has 2 rings (SSSR count). The molecule has 1 N–H and O–H groups in total. The normalized spacial score (nSPS) is 11.2. The Balaban J connectivity index is 2.43. The van der Waals surface area contributed by atoms with Crippen LogP contribution in [0.15, 0.2) is 47.4 Å². The SMILES string of the molecule is CNS(=O)(=O)c1cc(C(=O)N(C)c2ccc(F)cc2)ccc1OC. The number of sulfonamides is 1. The van der Waals surface area contributed by atoms with Crippen molar-refractivity contribution in [2.45, 2.75) is 4.90 Å². The summed E-state index contributed by atoms with van der Waals surface area (Å²) in [5.74, 6) is -0.714. The zero-order valence-corrected chi connectivity index (χ0v) is 14.2. The number of carbonyl (C=O) groups is 1. The van der Waals surface area contributed by atoms with Gasteiger partial charge in [0.15, 0.2) is 0 Å². The third-order valence-corrected chi connectivity index (χ3v) is 4.92. The molecular formula is C16H17FN2O4S. The predicted octanol–water partition coefficient (Wildman–Crippen LogP) is 2.02. The average Bonchev–Trinajstić information content (AvgIpc) is 2.60. The summed E-state index contributed by atoms with van der Waals surface area (Å²) < 4.78 is 44.4. The van der Waals surface area contributed by atoms with Crippen LogP contribution in [0.3, 0.4) is 0 Å². The van der Waals surface area contributed by atoms with Gasteiger partial charge in [0.05, 0.1) is 7.11 Å². The second kappa shape index (κ2) is 6.98. The quantitative estimate of drug-likeness (QED) is 0.893. The maximum Gasteiger partial charge on any atom is 0.258 e. The maximum atomic E-state index is 13.0. The van der Waals surface area contributed by atoms with Crippen molar-refractivity contribution in [1.82, 2.24) is 4.72 Å². The number of carbonyl (C=O) groups excluding carboxylic acids is 1. The second-order valence-electron chi connectivity index (χ2n) is 4.91. The molecule has 0 aliphatic heterocycles. The highest BCUT2D eigenvalue weighted by Crippen LogP contribution is 2.26. The molecular weight excluding hydrogens is 335 g/mol. The molecule has 0 radical (unpaired) electrons. The summed E-state index contributed by atoms with van der Waals surface area (Å²) in [6, 6.07) is 9.52. The highest BCUT2D eigenvalue weighted by atomic mass is 32.2. The molecule has 128 valence electrons. The number of amides is 1. The van der Waals surface area contributed by atoms with Crippen LogP contribution in [0, 0.1) is 5.82 Å². The molecule has 6 nitrogen and oxygen atoms in total. The van der Waals surface area contributed by atoms with Crippen LogP contribution in [0.1, 0.15) is 10.4 Å². The Bertz CT molecular complexity index is 851. The molecule has 0 unspecified atom stereocenters. The highest BCUT2D eigenvalue weighted by molar-refractivity contribution is 7.89. The molecule has 24 heavy (non-hydrogen) atoms. The molecule has 2 aromatic rings. The molecule has 0 atom stereocenters. The molecule has 2 aromatic carbocycles. The molecule has 0 aromatic heterocycles. The summed E-state index contributed by atoms with van der Waals surface area (Å²) in [7, 11) is 0.347. The number of anilines is 1. The molecule has 8 heteroatoms. The molecule has 0 spiro atoms. The highest BCUT2D eigenvalue weighted by Gasteiger charge is 2.22. The number of benzene rings is 2. The van der Waals surface area contributed by atoms with E-state index < -0.39 is 21.7 Å². The first kappa shape index (κ1) is 17.9. The zero-order valence-electron chi connectivity index (χ0n) is 13.4. The molecule has 1 amide bonds. The zero-order chi connectivity index (χ0) is 17.9. The Hall–Kier alpha value is -2.45. The van der Waals surface area contributed by atoms with Gasteiger partial charge in [-0.2, -0.15) is 0 Å². The minimum Gasteiger partial charge on any atom is -0.495 e. The summed E-state index contributed by atoms with van der Waals surface area (Å²) in [6.45, 7) is 0. The maximum absolute atomic E-state index is 13.0. The van der Waals surface area contributed by atoms with Crippen molar-refractivity contribution in [2.24, 2.45) is 0 Å². The van der Waals surface area contributed by atoms with Crippen LogP contribution >= 0.6 is 0 Å². The number of hydrogen-bond donors (Lipinski definition) is 1. The fourth-order valence-corrected chi connectivity index (χ4v) is 3.02. The summed E-state index contributed by atoms with van der Waals surface area (Å²) in [4.78, 5) is 13.7. The van der Waals surface area contributed by atoms with Crippen LogP contribution in [0.25, 0.3) is 0 Å². The first-order valence-electron chi connectivity index (χ1n) is 6.95. The van der Waals surface area contributed by atoms with Crippen molar-refractivity contribution in [3.05, 3.63) is 53.8 Å². The van der Waals surface area contributed by atoms with Crippen molar-refractivity contribution in [1.29, 1.82) is 0 Å². The lowest BCUT2D eigenvalue weighted by atomic mass is 10.1. The van der Waals surface area contributed by atoms with E-state index in [4.69, 9.17) is 4.74 Å². The third kappa shape index (κ3) is 3.55. The predicted molar refractivity (Wildman–Crippen MR) is 88.4 cm³/mol. The van der Waals surface area contributed by atoms with Gasteiger partial charge >= 0.3 is 0 Å². The van der Waals surface area contributed by atoms with Crippen molar-refractivity contribution < 1.29 is 22.3 Å². The standard InChI is InChI=1S/C16H17FN2O4S/c1-18-24(21,22)15-10-11(4-9-14(15)23-3)16(20)19(2)13-7-5-12(17)6-8-13/h4-10,18H,1-3H3. The Kier molecular flexibility index (Phi) is 5.20. The van der Waals surface area contributed by atoms with Crippen LogP contribution < -0.4 is 14.4 Å². The first-order valence-corrected chi connectivity index (χ1v) is 8.43. The van der Waals surface area contributed by atoms with Gasteiger partial charge in [-0.3, -0.25) is 4.79 Å². The second-order valence-corrected chi connectivity index (χ2v) is 6.77. The summed E-state index contributed by atoms with van der Waals surface area (Å²) in [5, 5.41) is 0. The van der Waals surface area contributed by atoms with Crippen LogP contribution in [0.5, 0.6) is 5.75 Å². The number of methoxy groups -OCH3 is 1. The number of halogens is 1. The van der Waals surface area contributed by atoms with Gasteiger partial charge in [-0.1, -0.05) is 0 Å². The monoisotopic (exact) mass is 352 g/mol. The third-order valence-electron chi connectivity index (χ3n) is 3.49. The minimum atomic E-state index is -3.79. The molecule has 0 saturated carbocycles. The van der Waals surface area contributed by atoms with E-state index in [9.17, 15) is 17.6 Å².